The Morgan fingerprint density at radius 1 is 0.894 bits per heavy atom. The summed E-state index contributed by atoms with van der Waals surface area (Å²) in [6.45, 7) is 10.2. The number of nitrogens with two attached hydrogens (primary N) is 1. The summed E-state index contributed by atoms with van der Waals surface area (Å²) in [4.78, 5) is 24.6. The number of nitrogens with one attached hydrogen (secondary N) is 2. The molecular weight excluding hydrogens is 594 g/mol. The van der Waals surface area contributed by atoms with Crippen LogP contribution in [0, 0.1) is 6.92 Å². The summed E-state index contributed by atoms with van der Waals surface area (Å²) >= 11 is 0. The summed E-state index contributed by atoms with van der Waals surface area (Å²) in [7, 11) is 7.10. The molecule has 4 N–H and O–H groups in total. The number of aldehydes is 1. The quantitative estimate of drug-likeness (QED) is 0.166. The smallest absolute Gasteiger partial charge is 0.204 e. The predicted molar refractivity (Wildman–Crippen MR) is 194 cm³/mol. The average Bonchev–Trinajstić information content (AvgIpc) is 3.09. The highest BCUT2D eigenvalue weighted by Crippen LogP contribution is 2.34. The van der Waals surface area contributed by atoms with E-state index in [4.69, 9.17) is 14.3 Å². The molecule has 1 saturated heterocycles. The number of carbonyl (C=O) groups is 2. The maximum absolute atomic E-state index is 9.17. The highest BCUT2D eigenvalue weighted by molar-refractivity contribution is 5.86. The van der Waals surface area contributed by atoms with E-state index in [1.165, 1.54) is 18.5 Å². The molecule has 0 spiro atoms. The van der Waals surface area contributed by atoms with Crippen LogP contribution < -0.4 is 25.8 Å². The average molecular weight is 648 g/mol. The number of aromatic nitrogens is 1. The normalized spacial score (nSPS) is 12.2. The summed E-state index contributed by atoms with van der Waals surface area (Å²) in [6, 6.07) is 23.0. The minimum Gasteiger partial charge on any atom is -0.497 e. The molecule has 0 saturated carbocycles. The first kappa shape index (κ1) is 40.4. The van der Waals surface area contributed by atoms with Gasteiger partial charge in [-0.05, 0) is 94.0 Å². The van der Waals surface area contributed by atoms with Crippen LogP contribution in [0.4, 0.5) is 17.1 Å². The fraction of sp³-hybridized carbons (Fsp3) is 0.378. The maximum atomic E-state index is 9.17. The van der Waals surface area contributed by atoms with Crippen molar-refractivity contribution in [3.63, 3.8) is 0 Å². The third kappa shape index (κ3) is 14.5. The van der Waals surface area contributed by atoms with Gasteiger partial charge in [-0.2, -0.15) is 0 Å². The van der Waals surface area contributed by atoms with E-state index in [-0.39, 0.29) is 6.41 Å². The molecule has 256 valence electrons. The number of primary amides is 1. The van der Waals surface area contributed by atoms with Crippen LogP contribution in [0.5, 0.6) is 17.2 Å². The van der Waals surface area contributed by atoms with Crippen LogP contribution in [0.2, 0.25) is 0 Å². The lowest BCUT2D eigenvalue weighted by Gasteiger charge is -2.30. The van der Waals surface area contributed by atoms with Crippen molar-refractivity contribution < 1.29 is 23.8 Å². The number of rotatable bonds is 8. The molecule has 0 radical (unpaired) electrons. The van der Waals surface area contributed by atoms with Gasteiger partial charge < -0.3 is 40.3 Å². The van der Waals surface area contributed by atoms with E-state index in [0.29, 0.717) is 12.5 Å². The SMILES string of the molecule is CC.CCC=O.COC.COc1ccc2c(Oc3cc(Nc4ccc(NC5CCN(C)CC5)cc4)ccc3C)ccnc2c1.NC=O. The van der Waals surface area contributed by atoms with Gasteiger partial charge in [-0.1, -0.05) is 26.8 Å². The topological polar surface area (TPSA) is 128 Å². The van der Waals surface area contributed by atoms with Crippen molar-refractivity contribution >= 4 is 40.7 Å². The summed E-state index contributed by atoms with van der Waals surface area (Å²) in [5, 5.41) is 8.12. The Kier molecular flexibility index (Phi) is 20.3. The van der Waals surface area contributed by atoms with Crippen molar-refractivity contribution in [3.8, 4) is 17.2 Å². The van der Waals surface area contributed by atoms with Crippen molar-refractivity contribution in [1.82, 2.24) is 9.88 Å². The number of hydrogen-bond acceptors (Lipinski definition) is 9. The number of hydrogen-bond donors (Lipinski definition) is 3. The van der Waals surface area contributed by atoms with E-state index in [1.807, 2.05) is 51.1 Å². The summed E-state index contributed by atoms with van der Waals surface area (Å²) in [5.74, 6) is 2.35. The van der Waals surface area contributed by atoms with Gasteiger partial charge in [-0.25, -0.2) is 0 Å². The van der Waals surface area contributed by atoms with Crippen LogP contribution in [0.15, 0.2) is 72.9 Å². The number of methoxy groups -OCH3 is 2. The van der Waals surface area contributed by atoms with Gasteiger partial charge in [0.25, 0.3) is 0 Å². The number of likely N-dealkylation sites (tertiary alicyclic amines) is 1. The molecule has 1 aliphatic rings. The number of fused-ring (bicyclic) bond motifs is 1. The van der Waals surface area contributed by atoms with E-state index in [1.54, 1.807) is 27.5 Å². The van der Waals surface area contributed by atoms with Gasteiger partial charge >= 0.3 is 0 Å². The number of nitrogens with zero attached hydrogens (tertiary/aromatic N) is 2. The molecule has 3 aromatic carbocycles. The number of anilines is 3. The molecule has 2 heterocycles. The van der Waals surface area contributed by atoms with Crippen LogP contribution in [-0.4, -0.2) is 70.1 Å². The number of carbonyl (C=O) groups excluding carboxylic acids is 2. The Morgan fingerprint density at radius 3 is 2.04 bits per heavy atom. The van der Waals surface area contributed by atoms with E-state index in [0.717, 1.165) is 64.5 Å². The van der Waals surface area contributed by atoms with Gasteiger partial charge in [0, 0.05) is 67.5 Å². The minimum absolute atomic E-state index is 0.250. The molecule has 1 fully saturated rings. The van der Waals surface area contributed by atoms with Crippen molar-refractivity contribution in [2.75, 3.05) is 52.1 Å². The number of ether oxygens (including phenoxy) is 3. The lowest BCUT2D eigenvalue weighted by molar-refractivity contribution is -0.108. The van der Waals surface area contributed by atoms with Crippen LogP contribution in [-0.2, 0) is 14.3 Å². The van der Waals surface area contributed by atoms with Gasteiger partial charge in [-0.3, -0.25) is 9.78 Å². The fourth-order valence-electron chi connectivity index (χ4n) is 4.43. The Hall–Kier alpha value is -4.67. The van der Waals surface area contributed by atoms with Crippen LogP contribution in [0.1, 0.15) is 45.6 Å². The highest BCUT2D eigenvalue weighted by atomic mass is 16.5. The van der Waals surface area contributed by atoms with E-state index < -0.39 is 0 Å². The second-order valence-electron chi connectivity index (χ2n) is 10.3. The largest absolute Gasteiger partial charge is 0.497 e. The Balaban J connectivity index is 0.000000807. The van der Waals surface area contributed by atoms with Gasteiger partial charge in [0.05, 0.1) is 12.6 Å². The summed E-state index contributed by atoms with van der Waals surface area (Å²) in [6.07, 6.45) is 5.89. The second kappa shape index (κ2) is 23.6. The first-order chi connectivity index (χ1) is 22.8. The Bertz CT molecular complexity index is 1440. The highest BCUT2D eigenvalue weighted by Gasteiger charge is 2.16. The second-order valence-corrected chi connectivity index (χ2v) is 10.3. The molecule has 1 aliphatic heterocycles. The van der Waals surface area contributed by atoms with Crippen molar-refractivity contribution in [2.45, 2.75) is 53.0 Å². The number of amides is 1. The fourth-order valence-corrected chi connectivity index (χ4v) is 4.43. The lowest BCUT2D eigenvalue weighted by atomic mass is 10.1. The molecule has 4 aromatic rings. The molecule has 10 nitrogen and oxygen atoms in total. The van der Waals surface area contributed by atoms with E-state index in [2.05, 4.69) is 81.4 Å². The Morgan fingerprint density at radius 2 is 1.47 bits per heavy atom. The third-order valence-corrected chi connectivity index (χ3v) is 6.75. The molecule has 1 aromatic heterocycles. The molecule has 5 rings (SSSR count). The molecule has 0 atom stereocenters. The van der Waals surface area contributed by atoms with Crippen molar-refractivity contribution in [2.24, 2.45) is 5.73 Å². The zero-order valence-electron chi connectivity index (χ0n) is 29.2. The molecule has 0 bridgehead atoms. The van der Waals surface area contributed by atoms with Crippen LogP contribution in [0.25, 0.3) is 10.9 Å². The standard InChI is InChI=1S/C29H32N4O2.C3H6O.C2H6O.C2H6.CH3NO/c1-20-4-5-24(32-22-8-6-21(7-9-22)31-23-13-16-33(2)17-14-23)18-29(20)35-28-12-15-30-27-19-25(34-3)10-11-26(27)28;1-2-3-4;1-3-2;1-2;2-1-3/h4-12,15,18-19,23,31-32H,13-14,16-17H2,1-3H3;3H,2H2,1H3;1-2H3;1-2H3;1H,(H2,2,3). The maximum Gasteiger partial charge on any atom is 0.204 e. The Labute approximate surface area is 280 Å². The first-order valence-corrected chi connectivity index (χ1v) is 15.8. The summed E-state index contributed by atoms with van der Waals surface area (Å²) in [5.41, 5.74) is 9.24. The molecular formula is C37H53N5O5. The number of aryl methyl sites for hydroxylation is 1. The first-order valence-electron chi connectivity index (χ1n) is 15.8. The van der Waals surface area contributed by atoms with Crippen molar-refractivity contribution in [1.29, 1.82) is 0 Å². The number of benzene rings is 3. The molecule has 10 heteroatoms. The molecule has 0 unspecified atom stereocenters. The minimum atomic E-state index is 0.250. The van der Waals surface area contributed by atoms with Crippen LogP contribution >= 0.6 is 0 Å². The van der Waals surface area contributed by atoms with E-state index >= 15 is 0 Å². The van der Waals surface area contributed by atoms with E-state index in [9.17, 15) is 4.79 Å². The third-order valence-electron chi connectivity index (χ3n) is 6.75. The molecule has 0 aliphatic carbocycles. The molecule has 47 heavy (non-hydrogen) atoms. The van der Waals surface area contributed by atoms with Gasteiger partial charge in [0.15, 0.2) is 0 Å². The molecule has 1 amide bonds. The lowest BCUT2D eigenvalue weighted by Crippen LogP contribution is -2.36. The zero-order valence-corrected chi connectivity index (χ0v) is 29.2. The van der Waals surface area contributed by atoms with Crippen LogP contribution in [0.3, 0.4) is 0 Å². The predicted octanol–water partition coefficient (Wildman–Crippen LogP) is 7.58. The van der Waals surface area contributed by atoms with Gasteiger partial charge in [0.2, 0.25) is 6.41 Å². The number of piperidine rings is 1. The summed E-state index contributed by atoms with van der Waals surface area (Å²) < 4.78 is 15.9. The van der Waals surface area contributed by atoms with Crippen molar-refractivity contribution in [3.05, 3.63) is 78.5 Å². The van der Waals surface area contributed by atoms with Gasteiger partial charge in [-0.15, -0.1) is 0 Å². The van der Waals surface area contributed by atoms with Gasteiger partial charge in [0.1, 0.15) is 23.5 Å². The monoisotopic (exact) mass is 647 g/mol. The number of pyridine rings is 1. The zero-order chi connectivity index (χ0) is 35.0.